The number of aromatic nitrogens is 4. The molecular weight excluding hydrogens is 681 g/mol. The van der Waals surface area contributed by atoms with Crippen LogP contribution in [0.15, 0.2) is 182 Å². The number of hydrogen-bond acceptors (Lipinski definition) is 2. The Labute approximate surface area is 320 Å². The van der Waals surface area contributed by atoms with Gasteiger partial charge in [0.2, 0.25) is 0 Å². The summed E-state index contributed by atoms with van der Waals surface area (Å²) in [7, 11) is 0. The molecule has 0 unspecified atom stereocenters. The van der Waals surface area contributed by atoms with Crippen LogP contribution in [-0.4, -0.2) is 18.9 Å². The van der Waals surface area contributed by atoms with Gasteiger partial charge in [-0.3, -0.25) is 4.57 Å². The van der Waals surface area contributed by atoms with Crippen LogP contribution in [0.4, 0.5) is 0 Å². The molecule has 0 atom stereocenters. The number of hydrogen-bond donors (Lipinski definition) is 0. The second-order valence-corrected chi connectivity index (χ2v) is 14.9. The normalized spacial score (nSPS) is 12.3. The smallest absolute Gasteiger partial charge is 0.165 e. The molecule has 0 spiro atoms. The number of para-hydroxylation sites is 4. The molecule has 13 rings (SSSR count). The van der Waals surface area contributed by atoms with Gasteiger partial charge in [0.15, 0.2) is 5.82 Å². The van der Waals surface area contributed by atoms with Crippen molar-refractivity contribution in [1.82, 2.24) is 18.9 Å². The molecule has 0 aliphatic carbocycles. The summed E-state index contributed by atoms with van der Waals surface area (Å²) in [5.41, 5.74) is 11.8. The van der Waals surface area contributed by atoms with E-state index < -0.39 is 0 Å². The summed E-state index contributed by atoms with van der Waals surface area (Å²) in [5.74, 6) is 0.812. The summed E-state index contributed by atoms with van der Waals surface area (Å²) >= 11 is 0. The molecule has 0 bridgehead atoms. The zero-order chi connectivity index (χ0) is 36.5. The average molecular weight is 711 g/mol. The minimum Gasteiger partial charge on any atom is -0.306 e. The SMILES string of the molecule is c1ccc(-c2cccc(-c3nc4ccccc4nc3-n3c4ccccc4c4c5ccccc5c5c6cccc7c8c9ccccc9ccc8n(c76)c5c43)c2)cc1. The predicted molar refractivity (Wildman–Crippen MR) is 234 cm³/mol. The fraction of sp³-hybridized carbons (Fsp3) is 0. The van der Waals surface area contributed by atoms with Crippen molar-refractivity contribution in [2.24, 2.45) is 0 Å². The first-order valence-corrected chi connectivity index (χ1v) is 19.2. The Morgan fingerprint density at radius 2 is 0.929 bits per heavy atom. The van der Waals surface area contributed by atoms with E-state index >= 15 is 0 Å². The molecule has 13 aromatic rings. The van der Waals surface area contributed by atoms with Crippen molar-refractivity contribution >= 4 is 92.5 Å². The maximum absolute atomic E-state index is 5.58. The molecule has 4 heterocycles. The van der Waals surface area contributed by atoms with E-state index in [1.807, 2.05) is 6.07 Å². The van der Waals surface area contributed by atoms with E-state index in [1.54, 1.807) is 0 Å². The third kappa shape index (κ3) is 3.87. The fourth-order valence-corrected chi connectivity index (χ4v) is 9.70. The molecule has 0 amide bonds. The fourth-order valence-electron chi connectivity index (χ4n) is 9.70. The lowest BCUT2D eigenvalue weighted by molar-refractivity contribution is 1.08. The molecule has 4 heteroatoms. The maximum atomic E-state index is 5.58. The van der Waals surface area contributed by atoms with Crippen molar-refractivity contribution in [3.8, 4) is 28.2 Å². The van der Waals surface area contributed by atoms with Gasteiger partial charge in [-0.15, -0.1) is 0 Å². The molecule has 4 nitrogen and oxygen atoms in total. The van der Waals surface area contributed by atoms with Crippen LogP contribution < -0.4 is 0 Å². The van der Waals surface area contributed by atoms with Gasteiger partial charge in [0.25, 0.3) is 0 Å². The highest BCUT2D eigenvalue weighted by molar-refractivity contribution is 6.39. The van der Waals surface area contributed by atoms with E-state index in [1.165, 1.54) is 76.0 Å². The quantitative estimate of drug-likeness (QED) is 0.183. The second kappa shape index (κ2) is 11.0. The van der Waals surface area contributed by atoms with Crippen LogP contribution in [0, 0.1) is 0 Å². The molecule has 0 aliphatic heterocycles. The third-order valence-electron chi connectivity index (χ3n) is 12.0. The Hall–Kier alpha value is -7.56. The van der Waals surface area contributed by atoms with Gasteiger partial charge in [-0.25, -0.2) is 9.97 Å². The van der Waals surface area contributed by atoms with Gasteiger partial charge in [0.05, 0.1) is 38.6 Å². The van der Waals surface area contributed by atoms with Gasteiger partial charge in [-0.2, -0.15) is 0 Å². The predicted octanol–water partition coefficient (Wildman–Crippen LogP) is 13.5. The summed E-state index contributed by atoms with van der Waals surface area (Å²) in [6.45, 7) is 0. The van der Waals surface area contributed by atoms with Gasteiger partial charge >= 0.3 is 0 Å². The van der Waals surface area contributed by atoms with E-state index in [9.17, 15) is 0 Å². The van der Waals surface area contributed by atoms with Crippen molar-refractivity contribution in [2.45, 2.75) is 0 Å². The topological polar surface area (TPSA) is 35.1 Å². The molecule has 0 fully saturated rings. The van der Waals surface area contributed by atoms with Crippen LogP contribution in [0.1, 0.15) is 0 Å². The van der Waals surface area contributed by atoms with E-state index in [-0.39, 0.29) is 0 Å². The van der Waals surface area contributed by atoms with Crippen LogP contribution >= 0.6 is 0 Å². The number of nitrogens with zero attached hydrogens (tertiary/aromatic N) is 4. The highest BCUT2D eigenvalue weighted by Crippen LogP contribution is 2.49. The average Bonchev–Trinajstić information content (AvgIpc) is 3.92. The Bertz CT molecular complexity index is 3760. The zero-order valence-electron chi connectivity index (χ0n) is 30.1. The van der Waals surface area contributed by atoms with Crippen LogP contribution in [0.5, 0.6) is 0 Å². The summed E-state index contributed by atoms with van der Waals surface area (Å²) < 4.78 is 4.97. The molecule has 9 aromatic carbocycles. The zero-order valence-corrected chi connectivity index (χ0v) is 30.1. The Morgan fingerprint density at radius 1 is 0.339 bits per heavy atom. The van der Waals surface area contributed by atoms with Gasteiger partial charge in [-0.05, 0) is 63.0 Å². The van der Waals surface area contributed by atoms with E-state index in [4.69, 9.17) is 9.97 Å². The molecule has 0 saturated heterocycles. The second-order valence-electron chi connectivity index (χ2n) is 14.9. The lowest BCUT2D eigenvalue weighted by Gasteiger charge is -2.15. The van der Waals surface area contributed by atoms with Crippen LogP contribution in [0.25, 0.3) is 121 Å². The first kappa shape index (κ1) is 29.8. The molecule has 56 heavy (non-hydrogen) atoms. The first-order chi connectivity index (χ1) is 27.8. The summed E-state index contributed by atoms with van der Waals surface area (Å²) in [4.78, 5) is 11.1. The Balaban J connectivity index is 1.28. The van der Waals surface area contributed by atoms with Crippen molar-refractivity contribution in [1.29, 1.82) is 0 Å². The van der Waals surface area contributed by atoms with Crippen LogP contribution in [0.2, 0.25) is 0 Å². The lowest BCUT2D eigenvalue weighted by atomic mass is 9.97. The standard InChI is InChI=1S/C52H30N4/c1-2-14-31(15-3-1)33-17-12-18-34(30-33)48-52(54-42-26-10-9-25-41(42)53-48)56-43-27-11-8-22-38(43)46-36-20-6-7-21-37(36)47-40-24-13-23-39-45-35-19-5-4-16-32(35)28-29-44(45)55(49(39)40)50(47)51(46)56/h1-30H. The van der Waals surface area contributed by atoms with Crippen LogP contribution in [0.3, 0.4) is 0 Å². The third-order valence-corrected chi connectivity index (χ3v) is 12.0. The monoisotopic (exact) mass is 710 g/mol. The molecule has 0 saturated carbocycles. The molecular formula is C52H30N4. The molecule has 0 radical (unpaired) electrons. The highest BCUT2D eigenvalue weighted by Gasteiger charge is 2.28. The number of rotatable bonds is 3. The van der Waals surface area contributed by atoms with Crippen molar-refractivity contribution in [2.75, 3.05) is 0 Å². The highest BCUT2D eigenvalue weighted by atomic mass is 15.1. The number of fused-ring (bicyclic) bond motifs is 16. The van der Waals surface area contributed by atoms with E-state index in [0.717, 1.165) is 44.7 Å². The van der Waals surface area contributed by atoms with Crippen molar-refractivity contribution < 1.29 is 0 Å². The Morgan fingerprint density at radius 3 is 1.75 bits per heavy atom. The minimum absolute atomic E-state index is 0.812. The summed E-state index contributed by atoms with van der Waals surface area (Å²) in [5, 5.41) is 12.5. The summed E-state index contributed by atoms with van der Waals surface area (Å²) in [6, 6.07) is 65.6. The molecule has 4 aromatic heterocycles. The van der Waals surface area contributed by atoms with Gasteiger partial charge in [0, 0.05) is 37.9 Å². The van der Waals surface area contributed by atoms with Crippen molar-refractivity contribution in [3.05, 3.63) is 182 Å². The molecule has 0 aliphatic rings. The van der Waals surface area contributed by atoms with Crippen LogP contribution in [-0.2, 0) is 0 Å². The van der Waals surface area contributed by atoms with Crippen molar-refractivity contribution in [3.63, 3.8) is 0 Å². The minimum atomic E-state index is 0.812. The van der Waals surface area contributed by atoms with Gasteiger partial charge in [-0.1, -0.05) is 152 Å². The lowest BCUT2D eigenvalue weighted by Crippen LogP contribution is -2.04. The summed E-state index contributed by atoms with van der Waals surface area (Å²) in [6.07, 6.45) is 0. The largest absolute Gasteiger partial charge is 0.306 e. The first-order valence-electron chi connectivity index (χ1n) is 19.2. The van der Waals surface area contributed by atoms with E-state index in [0.29, 0.717) is 0 Å². The number of benzene rings is 9. The maximum Gasteiger partial charge on any atom is 0.165 e. The van der Waals surface area contributed by atoms with E-state index in [2.05, 4.69) is 185 Å². The van der Waals surface area contributed by atoms with Gasteiger partial charge < -0.3 is 4.40 Å². The molecule has 0 N–H and O–H groups in total. The van der Waals surface area contributed by atoms with Gasteiger partial charge in [0.1, 0.15) is 5.69 Å². The molecule has 258 valence electrons. The Kier molecular flexibility index (Phi) is 5.86.